The fraction of sp³-hybridized carbons (Fsp3) is 1.00. The number of hydrogen-bond donors (Lipinski definition) is 2. The molecule has 0 aliphatic carbocycles. The fourth-order valence-corrected chi connectivity index (χ4v) is 0. The van der Waals surface area contributed by atoms with Gasteiger partial charge in [-0.1, -0.05) is 0 Å². The molecular weight excluding hydrogens is 169 g/mol. The van der Waals surface area contributed by atoms with Crippen molar-refractivity contribution in [1.29, 1.82) is 0 Å². The van der Waals surface area contributed by atoms with Gasteiger partial charge in [-0.05, 0) is 0 Å². The molecule has 0 aromatic carbocycles. The molecule has 0 aromatic heterocycles. The Morgan fingerprint density at radius 1 is 1.00 bits per heavy atom. The SMILES string of the molecule is OCCO.[Ti].[Zn]. The van der Waals surface area contributed by atoms with Gasteiger partial charge in [0.15, 0.2) is 0 Å². The maximum Gasteiger partial charge on any atom is 0.0662 e. The second-order valence-corrected chi connectivity index (χ2v) is 0.447. The molecule has 0 spiro atoms. The molecule has 6 heavy (non-hydrogen) atoms. The molecule has 0 aliphatic heterocycles. The number of rotatable bonds is 1. The van der Waals surface area contributed by atoms with E-state index in [0.29, 0.717) is 0 Å². The van der Waals surface area contributed by atoms with E-state index in [1.165, 1.54) is 0 Å². The van der Waals surface area contributed by atoms with E-state index in [0.717, 1.165) is 0 Å². The van der Waals surface area contributed by atoms with E-state index in [-0.39, 0.29) is 54.4 Å². The minimum absolute atomic E-state index is 0. The van der Waals surface area contributed by atoms with E-state index in [2.05, 4.69) is 0 Å². The van der Waals surface area contributed by atoms with Crippen molar-refractivity contribution in [3.05, 3.63) is 0 Å². The van der Waals surface area contributed by atoms with Gasteiger partial charge in [0, 0.05) is 41.2 Å². The third-order valence-corrected chi connectivity index (χ3v) is 0.1000. The van der Waals surface area contributed by atoms with E-state index in [1.54, 1.807) is 0 Å². The summed E-state index contributed by atoms with van der Waals surface area (Å²) in [5.74, 6) is 0. The van der Waals surface area contributed by atoms with Crippen LogP contribution in [0.2, 0.25) is 0 Å². The monoisotopic (exact) mass is 174 g/mol. The van der Waals surface area contributed by atoms with Crippen LogP contribution in [0.3, 0.4) is 0 Å². The first-order valence-corrected chi connectivity index (χ1v) is 1.13. The van der Waals surface area contributed by atoms with Gasteiger partial charge in [0.2, 0.25) is 0 Å². The van der Waals surface area contributed by atoms with E-state index >= 15 is 0 Å². The van der Waals surface area contributed by atoms with Crippen molar-refractivity contribution in [2.75, 3.05) is 13.2 Å². The standard InChI is InChI=1S/C2H6O2.Ti.Zn/c3-1-2-4;;/h3-4H,1-2H2;;. The molecule has 2 N–H and O–H groups in total. The average molecular weight is 175 g/mol. The molecule has 0 fully saturated rings. The van der Waals surface area contributed by atoms with Gasteiger partial charge < -0.3 is 10.2 Å². The molecule has 0 saturated carbocycles. The molecule has 0 unspecified atom stereocenters. The van der Waals surface area contributed by atoms with E-state index < -0.39 is 0 Å². The summed E-state index contributed by atoms with van der Waals surface area (Å²) in [5.41, 5.74) is 0. The summed E-state index contributed by atoms with van der Waals surface area (Å²) in [4.78, 5) is 0. The Balaban J connectivity index is -0.0000000450. The maximum atomic E-state index is 7.62. The Bertz CT molecular complexity index is 13.5. The quantitative estimate of drug-likeness (QED) is 0.500. The van der Waals surface area contributed by atoms with Crippen LogP contribution in [0.1, 0.15) is 0 Å². The molecular formula is C2H6O2TiZn. The van der Waals surface area contributed by atoms with Crippen molar-refractivity contribution in [2.45, 2.75) is 0 Å². The van der Waals surface area contributed by atoms with Gasteiger partial charge in [-0.2, -0.15) is 0 Å². The Morgan fingerprint density at radius 3 is 1.17 bits per heavy atom. The van der Waals surface area contributed by atoms with Gasteiger partial charge in [0.05, 0.1) is 13.2 Å². The Morgan fingerprint density at radius 2 is 1.17 bits per heavy atom. The van der Waals surface area contributed by atoms with Crippen molar-refractivity contribution >= 4 is 0 Å². The molecule has 0 saturated heterocycles. The Hall–Kier alpha value is 1.26. The first-order chi connectivity index (χ1) is 1.91. The minimum atomic E-state index is -0.125. The van der Waals surface area contributed by atoms with Gasteiger partial charge in [0.1, 0.15) is 0 Å². The van der Waals surface area contributed by atoms with Gasteiger partial charge in [-0.15, -0.1) is 0 Å². The zero-order valence-electron chi connectivity index (χ0n) is 3.52. The molecule has 32 valence electrons. The van der Waals surface area contributed by atoms with Crippen molar-refractivity contribution in [3.63, 3.8) is 0 Å². The predicted octanol–water partition coefficient (Wildman–Crippen LogP) is -1.03. The van der Waals surface area contributed by atoms with Crippen LogP contribution in [0.5, 0.6) is 0 Å². The molecule has 0 heterocycles. The number of aliphatic hydroxyl groups is 2. The van der Waals surface area contributed by atoms with Crippen molar-refractivity contribution < 1.29 is 51.4 Å². The van der Waals surface area contributed by atoms with Crippen LogP contribution in [-0.4, -0.2) is 23.4 Å². The molecule has 0 atom stereocenters. The van der Waals surface area contributed by atoms with Crippen LogP contribution in [0.4, 0.5) is 0 Å². The van der Waals surface area contributed by atoms with Crippen LogP contribution in [0, 0.1) is 0 Å². The van der Waals surface area contributed by atoms with Gasteiger partial charge >= 0.3 is 0 Å². The summed E-state index contributed by atoms with van der Waals surface area (Å²) in [6, 6.07) is 0. The average Bonchev–Trinajstić information content (AvgIpc) is 1.37. The maximum absolute atomic E-state index is 7.62. The summed E-state index contributed by atoms with van der Waals surface area (Å²) in [5, 5.41) is 15.2. The van der Waals surface area contributed by atoms with Gasteiger partial charge in [0.25, 0.3) is 0 Å². The first kappa shape index (κ1) is 15.7. The normalized spacial score (nSPS) is 5.00. The summed E-state index contributed by atoms with van der Waals surface area (Å²) in [7, 11) is 0. The largest absolute Gasteiger partial charge is 0.394 e. The molecule has 0 amide bonds. The number of hydrogen-bond acceptors (Lipinski definition) is 2. The molecule has 2 nitrogen and oxygen atoms in total. The van der Waals surface area contributed by atoms with Gasteiger partial charge in [-0.25, -0.2) is 0 Å². The van der Waals surface area contributed by atoms with Crippen molar-refractivity contribution in [3.8, 4) is 0 Å². The summed E-state index contributed by atoms with van der Waals surface area (Å²) in [6.45, 7) is -0.250. The third kappa shape index (κ3) is 18.7. The predicted molar refractivity (Wildman–Crippen MR) is 14.2 cm³/mol. The van der Waals surface area contributed by atoms with Crippen molar-refractivity contribution in [1.82, 2.24) is 0 Å². The van der Waals surface area contributed by atoms with E-state index in [9.17, 15) is 0 Å². The van der Waals surface area contributed by atoms with Crippen LogP contribution >= 0.6 is 0 Å². The zero-order chi connectivity index (χ0) is 3.41. The van der Waals surface area contributed by atoms with Crippen LogP contribution in [-0.2, 0) is 41.2 Å². The second kappa shape index (κ2) is 16.3. The zero-order valence-corrected chi connectivity index (χ0v) is 8.04. The topological polar surface area (TPSA) is 40.5 Å². The van der Waals surface area contributed by atoms with Crippen LogP contribution in [0.15, 0.2) is 0 Å². The molecule has 0 rings (SSSR count). The number of aliphatic hydroxyl groups excluding tert-OH is 2. The van der Waals surface area contributed by atoms with E-state index in [1.807, 2.05) is 0 Å². The third-order valence-electron chi connectivity index (χ3n) is 0.1000. The summed E-state index contributed by atoms with van der Waals surface area (Å²) in [6.07, 6.45) is 0. The molecule has 0 aromatic rings. The summed E-state index contributed by atoms with van der Waals surface area (Å²) >= 11 is 0. The Kier molecular flexibility index (Phi) is 42.6. The first-order valence-electron chi connectivity index (χ1n) is 1.13. The van der Waals surface area contributed by atoms with E-state index in [4.69, 9.17) is 10.2 Å². The van der Waals surface area contributed by atoms with Crippen LogP contribution in [0.25, 0.3) is 0 Å². The van der Waals surface area contributed by atoms with Gasteiger partial charge in [-0.3, -0.25) is 0 Å². The molecule has 0 bridgehead atoms. The molecule has 0 radical (unpaired) electrons. The summed E-state index contributed by atoms with van der Waals surface area (Å²) < 4.78 is 0. The Labute approximate surface area is 64.6 Å². The minimum Gasteiger partial charge on any atom is -0.394 e. The second-order valence-electron chi connectivity index (χ2n) is 0.447. The smallest absolute Gasteiger partial charge is 0.0662 e. The van der Waals surface area contributed by atoms with Crippen LogP contribution < -0.4 is 0 Å². The van der Waals surface area contributed by atoms with Crippen molar-refractivity contribution in [2.24, 2.45) is 0 Å². The molecule has 0 aliphatic rings. The molecule has 4 heteroatoms. The fourth-order valence-electron chi connectivity index (χ4n) is 0.